The van der Waals surface area contributed by atoms with Crippen molar-refractivity contribution in [3.8, 4) is 0 Å². The Morgan fingerprint density at radius 3 is 3.12 bits per heavy atom. The molecule has 0 aliphatic carbocycles. The summed E-state index contributed by atoms with van der Waals surface area (Å²) in [6.07, 6.45) is 3.10. The molecule has 0 amide bonds. The lowest BCUT2D eigenvalue weighted by atomic mass is 9.83. The fourth-order valence-corrected chi connectivity index (χ4v) is 2.55. The average molecular weight is 235 g/mol. The first-order valence-corrected chi connectivity index (χ1v) is 6.35. The molecule has 1 saturated heterocycles. The lowest BCUT2D eigenvalue weighted by molar-refractivity contribution is -0.0297. The highest BCUT2D eigenvalue weighted by Gasteiger charge is 2.28. The summed E-state index contributed by atoms with van der Waals surface area (Å²) in [7, 11) is 0. The normalized spacial score (nSPS) is 26.8. The van der Waals surface area contributed by atoms with Crippen LogP contribution in [0.1, 0.15) is 24.6 Å². The molecule has 3 heteroatoms. The largest absolute Gasteiger partial charge is 0.392 e. The Bertz CT molecular complexity index is 367. The molecule has 17 heavy (non-hydrogen) atoms. The molecule has 0 radical (unpaired) electrons. The fraction of sp³-hybridized carbons (Fsp3) is 0.643. The summed E-state index contributed by atoms with van der Waals surface area (Å²) in [5.74, 6) is 0.771. The summed E-state index contributed by atoms with van der Waals surface area (Å²) in [6.45, 7) is 5.73. The first kappa shape index (κ1) is 12.5. The lowest BCUT2D eigenvalue weighted by Crippen LogP contribution is -2.35. The van der Waals surface area contributed by atoms with Gasteiger partial charge in [-0.05, 0) is 36.8 Å². The van der Waals surface area contributed by atoms with Gasteiger partial charge in [0.2, 0.25) is 0 Å². The fourth-order valence-electron chi connectivity index (χ4n) is 2.55. The Balaban J connectivity index is 2.01. The molecule has 94 valence electrons. The van der Waals surface area contributed by atoms with E-state index in [1.165, 1.54) is 0 Å². The Kier molecular flexibility index (Phi) is 4.13. The molecule has 3 unspecified atom stereocenters. The van der Waals surface area contributed by atoms with Gasteiger partial charge in [-0.15, -0.1) is 0 Å². The monoisotopic (exact) mass is 235 g/mol. The zero-order valence-electron chi connectivity index (χ0n) is 10.6. The highest BCUT2D eigenvalue weighted by atomic mass is 16.5. The van der Waals surface area contributed by atoms with Crippen molar-refractivity contribution in [2.24, 2.45) is 11.8 Å². The second-order valence-electron chi connectivity index (χ2n) is 5.04. The van der Waals surface area contributed by atoms with E-state index in [2.05, 4.69) is 11.9 Å². The summed E-state index contributed by atoms with van der Waals surface area (Å²) in [5, 5.41) is 10.3. The lowest BCUT2D eigenvalue weighted by Gasteiger charge is -2.32. The molecule has 3 atom stereocenters. The number of aryl methyl sites for hydroxylation is 1. The van der Waals surface area contributed by atoms with E-state index in [4.69, 9.17) is 4.74 Å². The first-order chi connectivity index (χ1) is 8.18. The van der Waals surface area contributed by atoms with Crippen LogP contribution in [0.3, 0.4) is 0 Å². The van der Waals surface area contributed by atoms with E-state index in [0.717, 1.165) is 30.9 Å². The predicted octanol–water partition coefficient (Wildman–Crippen LogP) is 1.97. The molecular formula is C14H21NO2. The van der Waals surface area contributed by atoms with E-state index in [-0.39, 0.29) is 6.10 Å². The maximum Gasteiger partial charge on any atom is 0.0628 e. The van der Waals surface area contributed by atoms with Gasteiger partial charge in [-0.3, -0.25) is 4.98 Å². The quantitative estimate of drug-likeness (QED) is 0.871. The molecule has 0 bridgehead atoms. The van der Waals surface area contributed by atoms with E-state index in [9.17, 15) is 5.11 Å². The Morgan fingerprint density at radius 1 is 1.59 bits per heavy atom. The number of nitrogens with zero attached hydrogens (tertiary/aromatic N) is 1. The maximum atomic E-state index is 10.3. The first-order valence-electron chi connectivity index (χ1n) is 6.35. The van der Waals surface area contributed by atoms with Gasteiger partial charge < -0.3 is 9.84 Å². The van der Waals surface area contributed by atoms with Crippen LogP contribution < -0.4 is 0 Å². The van der Waals surface area contributed by atoms with Crippen LogP contribution in [-0.2, 0) is 11.2 Å². The van der Waals surface area contributed by atoms with E-state index < -0.39 is 0 Å². The van der Waals surface area contributed by atoms with Crippen LogP contribution >= 0.6 is 0 Å². The average Bonchev–Trinajstić information content (AvgIpc) is 2.32. The van der Waals surface area contributed by atoms with Gasteiger partial charge in [-0.25, -0.2) is 0 Å². The van der Waals surface area contributed by atoms with Crippen LogP contribution in [0.25, 0.3) is 0 Å². The van der Waals surface area contributed by atoms with Crippen LogP contribution in [0.15, 0.2) is 18.3 Å². The number of aliphatic hydroxyl groups is 1. The van der Waals surface area contributed by atoms with Crippen LogP contribution in [0.4, 0.5) is 0 Å². The minimum atomic E-state index is -0.303. The van der Waals surface area contributed by atoms with Gasteiger partial charge in [0, 0.05) is 31.5 Å². The maximum absolute atomic E-state index is 10.3. The number of pyridine rings is 1. The zero-order chi connectivity index (χ0) is 12.3. The van der Waals surface area contributed by atoms with Crippen LogP contribution in [-0.4, -0.2) is 29.4 Å². The summed E-state index contributed by atoms with van der Waals surface area (Å²) in [5.41, 5.74) is 2.17. The number of ether oxygens (including phenoxy) is 1. The SMILES string of the molecule is Cc1cccnc1CC(O)C1CCOCC1C. The molecule has 0 saturated carbocycles. The number of aromatic nitrogens is 1. The van der Waals surface area contributed by atoms with Crippen molar-refractivity contribution in [2.45, 2.75) is 32.8 Å². The molecule has 0 aromatic carbocycles. The molecule has 2 heterocycles. The van der Waals surface area contributed by atoms with Crippen LogP contribution in [0.5, 0.6) is 0 Å². The van der Waals surface area contributed by atoms with Crippen LogP contribution in [0, 0.1) is 18.8 Å². The summed E-state index contributed by atoms with van der Waals surface area (Å²) < 4.78 is 5.41. The van der Waals surface area contributed by atoms with Crippen molar-refractivity contribution in [3.63, 3.8) is 0 Å². The van der Waals surface area contributed by atoms with E-state index >= 15 is 0 Å². The Morgan fingerprint density at radius 2 is 2.41 bits per heavy atom. The highest BCUT2D eigenvalue weighted by molar-refractivity contribution is 5.18. The standard InChI is InChI=1S/C14H21NO2/c1-10-4-3-6-15-13(10)8-14(16)12-5-7-17-9-11(12)2/h3-4,6,11-12,14,16H,5,7-9H2,1-2H3. The second kappa shape index (κ2) is 5.61. The van der Waals surface area contributed by atoms with Crippen molar-refractivity contribution in [3.05, 3.63) is 29.6 Å². The molecule has 0 spiro atoms. The minimum Gasteiger partial charge on any atom is -0.392 e. The van der Waals surface area contributed by atoms with E-state index in [1.807, 2.05) is 19.1 Å². The van der Waals surface area contributed by atoms with Crippen molar-refractivity contribution < 1.29 is 9.84 Å². The second-order valence-corrected chi connectivity index (χ2v) is 5.04. The van der Waals surface area contributed by atoms with Gasteiger partial charge >= 0.3 is 0 Å². The third-order valence-electron chi connectivity index (χ3n) is 3.72. The zero-order valence-corrected chi connectivity index (χ0v) is 10.6. The van der Waals surface area contributed by atoms with Gasteiger partial charge in [-0.2, -0.15) is 0 Å². The summed E-state index contributed by atoms with van der Waals surface area (Å²) >= 11 is 0. The van der Waals surface area contributed by atoms with Gasteiger partial charge in [0.25, 0.3) is 0 Å². The topological polar surface area (TPSA) is 42.4 Å². The molecule has 3 nitrogen and oxygen atoms in total. The minimum absolute atomic E-state index is 0.303. The van der Waals surface area contributed by atoms with Crippen LogP contribution in [0.2, 0.25) is 0 Å². The highest BCUT2D eigenvalue weighted by Crippen LogP contribution is 2.26. The number of rotatable bonds is 3. The Labute approximate surface area is 103 Å². The molecule has 1 aliphatic heterocycles. The predicted molar refractivity (Wildman–Crippen MR) is 66.8 cm³/mol. The molecule has 1 N–H and O–H groups in total. The molecule has 1 aliphatic rings. The van der Waals surface area contributed by atoms with Gasteiger partial charge in [-0.1, -0.05) is 13.0 Å². The van der Waals surface area contributed by atoms with E-state index in [0.29, 0.717) is 18.3 Å². The van der Waals surface area contributed by atoms with Gasteiger partial charge in [0.05, 0.1) is 6.10 Å². The molecule has 1 fully saturated rings. The molecule has 1 aromatic rings. The van der Waals surface area contributed by atoms with Gasteiger partial charge in [0.15, 0.2) is 0 Å². The third kappa shape index (κ3) is 3.05. The number of aliphatic hydroxyl groups excluding tert-OH is 1. The molecule has 1 aromatic heterocycles. The summed E-state index contributed by atoms with van der Waals surface area (Å²) in [4.78, 5) is 4.35. The Hall–Kier alpha value is -0.930. The van der Waals surface area contributed by atoms with Crippen molar-refractivity contribution in [1.82, 2.24) is 4.98 Å². The van der Waals surface area contributed by atoms with Crippen molar-refractivity contribution in [2.75, 3.05) is 13.2 Å². The molecule has 2 rings (SSSR count). The summed E-state index contributed by atoms with van der Waals surface area (Å²) in [6, 6.07) is 3.98. The van der Waals surface area contributed by atoms with Crippen molar-refractivity contribution in [1.29, 1.82) is 0 Å². The number of hydrogen-bond donors (Lipinski definition) is 1. The third-order valence-corrected chi connectivity index (χ3v) is 3.72. The van der Waals surface area contributed by atoms with E-state index in [1.54, 1.807) is 6.20 Å². The number of hydrogen-bond acceptors (Lipinski definition) is 3. The van der Waals surface area contributed by atoms with Crippen molar-refractivity contribution >= 4 is 0 Å². The smallest absolute Gasteiger partial charge is 0.0628 e. The molecular weight excluding hydrogens is 214 g/mol. The van der Waals surface area contributed by atoms with Gasteiger partial charge in [0.1, 0.15) is 0 Å².